The Hall–Kier alpha value is -2.18. The summed E-state index contributed by atoms with van der Waals surface area (Å²) in [5.74, 6) is 0. The van der Waals surface area contributed by atoms with E-state index in [1.807, 2.05) is 36.4 Å². The summed E-state index contributed by atoms with van der Waals surface area (Å²) in [5.41, 5.74) is 4.69. The van der Waals surface area contributed by atoms with Crippen LogP contribution in [0.15, 0.2) is 64.6 Å². The van der Waals surface area contributed by atoms with Crippen molar-refractivity contribution in [2.45, 2.75) is 30.7 Å². The standard InChI is InChI=1S/C19H23N3O2S/c23-25(24,22-13-7-2-8-14-22)19-12-6-5-11-18(19)16-21-20-15-17-9-3-1-4-10-17/h1,3-6,9-12,16,20H,2,7-8,13-15H2. The Kier molecular flexibility index (Phi) is 5.83. The number of rotatable bonds is 6. The minimum Gasteiger partial charge on any atom is -0.306 e. The van der Waals surface area contributed by atoms with Crippen molar-refractivity contribution in [3.8, 4) is 0 Å². The molecule has 0 amide bonds. The van der Waals surface area contributed by atoms with Gasteiger partial charge in [-0.2, -0.15) is 9.41 Å². The van der Waals surface area contributed by atoms with E-state index in [1.54, 1.807) is 28.7 Å². The summed E-state index contributed by atoms with van der Waals surface area (Å²) in [5, 5.41) is 4.20. The zero-order chi connectivity index (χ0) is 17.5. The van der Waals surface area contributed by atoms with Gasteiger partial charge < -0.3 is 5.43 Å². The summed E-state index contributed by atoms with van der Waals surface area (Å²) in [6.07, 6.45) is 4.53. The Balaban J connectivity index is 1.73. The number of nitrogens with one attached hydrogen (secondary N) is 1. The lowest BCUT2D eigenvalue weighted by molar-refractivity contribution is 0.346. The fourth-order valence-corrected chi connectivity index (χ4v) is 4.60. The highest BCUT2D eigenvalue weighted by Gasteiger charge is 2.27. The molecule has 0 radical (unpaired) electrons. The maximum Gasteiger partial charge on any atom is 0.243 e. The fourth-order valence-electron chi connectivity index (χ4n) is 2.91. The van der Waals surface area contributed by atoms with E-state index < -0.39 is 10.0 Å². The van der Waals surface area contributed by atoms with Gasteiger partial charge in [0.2, 0.25) is 10.0 Å². The zero-order valence-electron chi connectivity index (χ0n) is 14.1. The SMILES string of the molecule is O=S(=O)(c1ccccc1C=NNCc1ccccc1)N1CCCCC1. The first kappa shape index (κ1) is 17.6. The van der Waals surface area contributed by atoms with Crippen molar-refractivity contribution in [3.63, 3.8) is 0 Å². The molecule has 0 saturated carbocycles. The predicted molar refractivity (Wildman–Crippen MR) is 99.9 cm³/mol. The third-order valence-electron chi connectivity index (χ3n) is 4.27. The number of nitrogens with zero attached hydrogens (tertiary/aromatic N) is 2. The summed E-state index contributed by atoms with van der Waals surface area (Å²) < 4.78 is 27.4. The number of piperidine rings is 1. The second-order valence-electron chi connectivity index (χ2n) is 6.08. The summed E-state index contributed by atoms with van der Waals surface area (Å²) in [6.45, 7) is 1.79. The number of sulfonamides is 1. The minimum atomic E-state index is -3.47. The first-order valence-electron chi connectivity index (χ1n) is 8.57. The van der Waals surface area contributed by atoms with Crippen LogP contribution < -0.4 is 5.43 Å². The third kappa shape index (κ3) is 4.46. The van der Waals surface area contributed by atoms with Gasteiger partial charge in [-0.1, -0.05) is 55.0 Å². The zero-order valence-corrected chi connectivity index (χ0v) is 15.0. The number of hydrogen-bond donors (Lipinski definition) is 1. The Labute approximate surface area is 149 Å². The molecule has 1 N–H and O–H groups in total. The van der Waals surface area contributed by atoms with Crippen LogP contribution >= 0.6 is 0 Å². The summed E-state index contributed by atoms with van der Waals surface area (Å²) in [6, 6.07) is 17.0. The van der Waals surface area contributed by atoms with Gasteiger partial charge >= 0.3 is 0 Å². The van der Waals surface area contributed by atoms with Crippen molar-refractivity contribution in [2.24, 2.45) is 5.10 Å². The molecule has 1 aliphatic rings. The molecule has 132 valence electrons. The molecular formula is C19H23N3O2S. The molecule has 2 aromatic rings. The van der Waals surface area contributed by atoms with Gasteiger partial charge in [-0.25, -0.2) is 8.42 Å². The lowest BCUT2D eigenvalue weighted by Crippen LogP contribution is -2.36. The molecule has 0 aliphatic carbocycles. The van der Waals surface area contributed by atoms with Crippen molar-refractivity contribution in [2.75, 3.05) is 13.1 Å². The maximum absolute atomic E-state index is 12.9. The van der Waals surface area contributed by atoms with Crippen molar-refractivity contribution in [1.29, 1.82) is 0 Å². The summed E-state index contributed by atoms with van der Waals surface area (Å²) >= 11 is 0. The number of hydrogen-bond acceptors (Lipinski definition) is 4. The highest BCUT2D eigenvalue weighted by atomic mass is 32.2. The van der Waals surface area contributed by atoms with Crippen molar-refractivity contribution in [3.05, 3.63) is 65.7 Å². The van der Waals surface area contributed by atoms with Gasteiger partial charge in [-0.15, -0.1) is 0 Å². The second kappa shape index (κ2) is 8.27. The van der Waals surface area contributed by atoms with E-state index in [0.29, 0.717) is 30.1 Å². The predicted octanol–water partition coefficient (Wildman–Crippen LogP) is 2.98. The van der Waals surface area contributed by atoms with Crippen LogP contribution in [0.25, 0.3) is 0 Å². The molecule has 1 saturated heterocycles. The van der Waals surface area contributed by atoms with Gasteiger partial charge in [0.1, 0.15) is 0 Å². The topological polar surface area (TPSA) is 61.8 Å². The quantitative estimate of drug-likeness (QED) is 0.639. The molecule has 6 heteroatoms. The molecule has 0 aromatic heterocycles. The molecule has 0 unspecified atom stereocenters. The van der Waals surface area contributed by atoms with Gasteiger partial charge in [0.15, 0.2) is 0 Å². The van der Waals surface area contributed by atoms with Crippen LogP contribution in [-0.4, -0.2) is 32.0 Å². The van der Waals surface area contributed by atoms with Gasteiger partial charge in [0, 0.05) is 18.7 Å². The first-order chi connectivity index (χ1) is 12.2. The van der Waals surface area contributed by atoms with Gasteiger partial charge in [-0.05, 0) is 24.5 Å². The van der Waals surface area contributed by atoms with E-state index in [-0.39, 0.29) is 0 Å². The monoisotopic (exact) mass is 357 g/mol. The second-order valence-corrected chi connectivity index (χ2v) is 7.99. The third-order valence-corrected chi connectivity index (χ3v) is 6.25. The van der Waals surface area contributed by atoms with E-state index >= 15 is 0 Å². The molecule has 0 spiro atoms. The molecular weight excluding hydrogens is 334 g/mol. The lowest BCUT2D eigenvalue weighted by Gasteiger charge is -2.26. The van der Waals surface area contributed by atoms with Gasteiger partial charge in [0.25, 0.3) is 0 Å². The molecule has 5 nitrogen and oxygen atoms in total. The highest BCUT2D eigenvalue weighted by Crippen LogP contribution is 2.22. The van der Waals surface area contributed by atoms with E-state index in [2.05, 4.69) is 10.5 Å². The van der Waals surface area contributed by atoms with Crippen LogP contribution in [0.1, 0.15) is 30.4 Å². The van der Waals surface area contributed by atoms with E-state index in [4.69, 9.17) is 0 Å². The number of benzene rings is 2. The lowest BCUT2D eigenvalue weighted by atomic mass is 10.2. The van der Waals surface area contributed by atoms with E-state index in [9.17, 15) is 8.42 Å². The minimum absolute atomic E-state index is 0.321. The van der Waals surface area contributed by atoms with Crippen LogP contribution in [0.2, 0.25) is 0 Å². The molecule has 1 fully saturated rings. The smallest absolute Gasteiger partial charge is 0.243 e. The Morgan fingerprint density at radius 2 is 1.64 bits per heavy atom. The van der Waals surface area contributed by atoms with Gasteiger partial charge in [0.05, 0.1) is 17.7 Å². The average Bonchev–Trinajstić information content (AvgIpc) is 2.67. The van der Waals surface area contributed by atoms with Crippen molar-refractivity contribution >= 4 is 16.2 Å². The summed E-state index contributed by atoms with van der Waals surface area (Å²) in [7, 11) is -3.47. The normalized spacial score (nSPS) is 16.2. The van der Waals surface area contributed by atoms with Crippen molar-refractivity contribution in [1.82, 2.24) is 9.73 Å². The number of hydrazone groups is 1. The maximum atomic E-state index is 12.9. The highest BCUT2D eigenvalue weighted by molar-refractivity contribution is 7.89. The molecule has 3 rings (SSSR count). The van der Waals surface area contributed by atoms with Crippen LogP contribution in [-0.2, 0) is 16.6 Å². The van der Waals surface area contributed by atoms with Gasteiger partial charge in [-0.3, -0.25) is 0 Å². The van der Waals surface area contributed by atoms with Crippen LogP contribution in [0, 0.1) is 0 Å². The van der Waals surface area contributed by atoms with Crippen molar-refractivity contribution < 1.29 is 8.42 Å². The Morgan fingerprint density at radius 3 is 2.40 bits per heavy atom. The molecule has 0 atom stereocenters. The van der Waals surface area contributed by atoms with Crippen LogP contribution in [0.4, 0.5) is 0 Å². The average molecular weight is 357 g/mol. The molecule has 0 bridgehead atoms. The van der Waals surface area contributed by atoms with Crippen LogP contribution in [0.5, 0.6) is 0 Å². The molecule has 2 aromatic carbocycles. The Bertz CT molecular complexity index is 814. The van der Waals surface area contributed by atoms with E-state index in [0.717, 1.165) is 24.8 Å². The van der Waals surface area contributed by atoms with Crippen LogP contribution in [0.3, 0.4) is 0 Å². The molecule has 1 heterocycles. The first-order valence-corrected chi connectivity index (χ1v) is 10.0. The van der Waals surface area contributed by atoms with E-state index in [1.165, 1.54) is 0 Å². The summed E-state index contributed by atoms with van der Waals surface area (Å²) in [4.78, 5) is 0.321. The molecule has 1 aliphatic heterocycles. The largest absolute Gasteiger partial charge is 0.306 e. The fraction of sp³-hybridized carbons (Fsp3) is 0.316. The Morgan fingerprint density at radius 1 is 0.960 bits per heavy atom. The molecule has 25 heavy (non-hydrogen) atoms.